The molecule has 0 spiro atoms. The van der Waals surface area contributed by atoms with Gasteiger partial charge in [0.25, 0.3) is 0 Å². The summed E-state index contributed by atoms with van der Waals surface area (Å²) in [6.07, 6.45) is 6.78. The van der Waals surface area contributed by atoms with Crippen molar-refractivity contribution in [2.24, 2.45) is 0 Å². The van der Waals surface area contributed by atoms with Gasteiger partial charge in [-0.3, -0.25) is 9.59 Å². The van der Waals surface area contributed by atoms with E-state index in [1.54, 1.807) is 13.8 Å². The van der Waals surface area contributed by atoms with E-state index in [1.807, 2.05) is 52.0 Å². The Kier molecular flexibility index (Phi) is 8.33. The number of nitrogens with one attached hydrogen (secondary N) is 4. The number of rotatable bonds is 8. The highest BCUT2D eigenvalue weighted by molar-refractivity contribution is 5.70. The minimum Gasteiger partial charge on any atom is -0.481 e. The number of carboxylic acid groups (broad SMARTS) is 2. The van der Waals surface area contributed by atoms with Crippen LogP contribution < -0.4 is 21.4 Å². The third-order valence-electron chi connectivity index (χ3n) is 8.81. The van der Waals surface area contributed by atoms with Gasteiger partial charge in [0.1, 0.15) is 0 Å². The van der Waals surface area contributed by atoms with Crippen LogP contribution in [0.2, 0.25) is 0 Å². The number of aromatic nitrogens is 4. The van der Waals surface area contributed by atoms with Crippen LogP contribution in [0.4, 0.5) is 0 Å². The Balaban J connectivity index is 1.93. The molecule has 5 heterocycles. The van der Waals surface area contributed by atoms with Crippen molar-refractivity contribution in [1.29, 1.82) is 0 Å². The molecule has 8 N–H and O–H groups in total. The molecular weight excluding hydrogens is 560 g/mol. The Morgan fingerprint density at radius 3 is 1.66 bits per heavy atom. The third kappa shape index (κ3) is 5.70. The molecule has 0 radical (unpaired) electrons. The summed E-state index contributed by atoms with van der Waals surface area (Å²) >= 11 is 0. The molecule has 10 heteroatoms. The van der Waals surface area contributed by atoms with Crippen LogP contribution in [0.3, 0.4) is 0 Å². The summed E-state index contributed by atoms with van der Waals surface area (Å²) in [5, 5.41) is 43.6. The summed E-state index contributed by atoms with van der Waals surface area (Å²) in [5.41, 5.74) is 9.79. The fourth-order valence-electron chi connectivity index (χ4n) is 6.48. The Morgan fingerprint density at radius 1 is 0.568 bits per heavy atom. The van der Waals surface area contributed by atoms with Gasteiger partial charge < -0.3 is 40.4 Å². The molecule has 0 amide bonds. The largest absolute Gasteiger partial charge is 0.481 e. The van der Waals surface area contributed by atoms with E-state index in [4.69, 9.17) is 0 Å². The second-order valence-electron chi connectivity index (χ2n) is 11.8. The first-order valence-corrected chi connectivity index (χ1v) is 14.8. The average Bonchev–Trinajstić information content (AvgIpc) is 3.59. The number of carbonyl (C=O) groups is 2. The summed E-state index contributed by atoms with van der Waals surface area (Å²) in [6, 6.07) is 0. The summed E-state index contributed by atoms with van der Waals surface area (Å²) in [5.74, 6) is -1.80. The molecule has 0 saturated heterocycles. The molecule has 0 aromatic carbocycles. The number of H-pyrrole nitrogens is 4. The minimum absolute atomic E-state index is 0.0448. The molecule has 1 aliphatic heterocycles. The number of hydrogen-bond acceptors (Lipinski definition) is 4. The maximum Gasteiger partial charge on any atom is 0.303 e. The van der Waals surface area contributed by atoms with Crippen LogP contribution in [0.5, 0.6) is 0 Å². The Labute approximate surface area is 254 Å². The summed E-state index contributed by atoms with van der Waals surface area (Å²) in [6.45, 7) is 11.2. The fraction of sp³-hybridized carbons (Fsp3) is 0.353. The first kappa shape index (κ1) is 30.9. The number of aliphatic hydroxyl groups is 2. The average molecular weight is 601 g/mol. The molecule has 5 rings (SSSR count). The van der Waals surface area contributed by atoms with E-state index in [0.717, 1.165) is 83.3 Å². The number of aliphatic carboxylic acids is 2. The van der Waals surface area contributed by atoms with Gasteiger partial charge in [-0.15, -0.1) is 0 Å². The SMILES string of the molecule is Cc1c2[nH]c(c1CCC(=O)O)/C=c1\[nH]/c(c(C)c1CCC(=O)O)=C\c1[nH]c(c(C(C)O)c1C)/C=c1\[nH]/c(c(C(C)O)c1C)=C\2. The first-order chi connectivity index (χ1) is 20.8. The Morgan fingerprint density at radius 2 is 1.05 bits per heavy atom. The van der Waals surface area contributed by atoms with Crippen LogP contribution in [0, 0.1) is 27.7 Å². The van der Waals surface area contributed by atoms with Crippen LogP contribution >= 0.6 is 0 Å². The summed E-state index contributed by atoms with van der Waals surface area (Å²) in [4.78, 5) is 37.1. The van der Waals surface area contributed by atoms with Crippen molar-refractivity contribution in [2.75, 3.05) is 0 Å². The predicted octanol–water partition coefficient (Wildman–Crippen LogP) is 2.00. The lowest BCUT2D eigenvalue weighted by Gasteiger charge is -2.05. The highest BCUT2D eigenvalue weighted by atomic mass is 16.4. The molecule has 4 aromatic rings. The molecule has 44 heavy (non-hydrogen) atoms. The van der Waals surface area contributed by atoms with Crippen molar-refractivity contribution in [2.45, 2.75) is 79.4 Å². The highest BCUT2D eigenvalue weighted by Gasteiger charge is 2.20. The third-order valence-corrected chi connectivity index (χ3v) is 8.81. The van der Waals surface area contributed by atoms with Crippen molar-refractivity contribution < 1.29 is 30.0 Å². The topological polar surface area (TPSA) is 178 Å². The van der Waals surface area contributed by atoms with E-state index in [9.17, 15) is 30.0 Å². The molecule has 232 valence electrons. The molecule has 8 bridgehead atoms. The van der Waals surface area contributed by atoms with Crippen LogP contribution in [0.15, 0.2) is 0 Å². The fourth-order valence-corrected chi connectivity index (χ4v) is 6.48. The Bertz CT molecular complexity index is 2030. The second-order valence-corrected chi connectivity index (χ2v) is 11.8. The van der Waals surface area contributed by atoms with E-state index >= 15 is 0 Å². The van der Waals surface area contributed by atoms with E-state index in [0.29, 0.717) is 18.2 Å². The van der Waals surface area contributed by atoms with Gasteiger partial charge in [-0.2, -0.15) is 0 Å². The van der Waals surface area contributed by atoms with Gasteiger partial charge in [0.05, 0.1) is 12.2 Å². The molecule has 10 nitrogen and oxygen atoms in total. The lowest BCUT2D eigenvalue weighted by Crippen LogP contribution is -2.14. The quantitative estimate of drug-likeness (QED) is 0.135. The standard InChI is InChI=1S/C34H40N4O6/c1-15-21(7-9-31(41)42)27-14-28-22(8-10-32(43)44)16(2)24(36-28)12-29-34(20(6)40)18(4)26(38-29)13-30-33(19(5)39)17(3)25(37-30)11-23(15)35-27/h11-14,19-20,35-40H,7-10H2,1-6H3,(H,41,42)(H,43,44)/b23-11-,24-12?,25-11?,26-13-,27-14-,28-14?,29-12-,30-13?. The number of aromatic amines is 4. The van der Waals surface area contributed by atoms with Gasteiger partial charge in [-0.05, 0) is 112 Å². The van der Waals surface area contributed by atoms with Crippen LogP contribution in [0.25, 0.3) is 24.3 Å². The summed E-state index contributed by atoms with van der Waals surface area (Å²) in [7, 11) is 0. The molecule has 0 fully saturated rings. The van der Waals surface area contributed by atoms with Crippen molar-refractivity contribution >= 4 is 36.2 Å². The zero-order chi connectivity index (χ0) is 32.0. The van der Waals surface area contributed by atoms with Gasteiger partial charge >= 0.3 is 11.9 Å². The molecular formula is C34H40N4O6. The molecule has 2 atom stereocenters. The van der Waals surface area contributed by atoms with E-state index in [-0.39, 0.29) is 12.8 Å². The van der Waals surface area contributed by atoms with Crippen molar-refractivity contribution in [1.82, 2.24) is 19.9 Å². The van der Waals surface area contributed by atoms with E-state index < -0.39 is 24.1 Å². The lowest BCUT2D eigenvalue weighted by atomic mass is 10.0. The van der Waals surface area contributed by atoms with Crippen LogP contribution in [-0.2, 0) is 22.4 Å². The number of hydrogen-bond donors (Lipinski definition) is 8. The summed E-state index contributed by atoms with van der Waals surface area (Å²) < 4.78 is 0. The van der Waals surface area contributed by atoms with Crippen molar-refractivity contribution in [3.63, 3.8) is 0 Å². The van der Waals surface area contributed by atoms with E-state index in [1.165, 1.54) is 0 Å². The van der Waals surface area contributed by atoms with Gasteiger partial charge in [0.15, 0.2) is 0 Å². The molecule has 2 unspecified atom stereocenters. The van der Waals surface area contributed by atoms with Crippen molar-refractivity contribution in [3.8, 4) is 0 Å². The maximum absolute atomic E-state index is 11.6. The molecule has 0 saturated carbocycles. The number of aliphatic hydroxyl groups excluding tert-OH is 2. The minimum atomic E-state index is -0.899. The van der Waals surface area contributed by atoms with E-state index in [2.05, 4.69) is 19.9 Å². The molecule has 4 aromatic heterocycles. The molecule has 1 aliphatic rings. The highest BCUT2D eigenvalue weighted by Crippen LogP contribution is 2.27. The first-order valence-electron chi connectivity index (χ1n) is 14.8. The van der Waals surface area contributed by atoms with Crippen LogP contribution in [0.1, 0.15) is 106 Å². The predicted molar refractivity (Wildman–Crippen MR) is 168 cm³/mol. The van der Waals surface area contributed by atoms with Crippen molar-refractivity contribution in [3.05, 3.63) is 88.7 Å². The van der Waals surface area contributed by atoms with Gasteiger partial charge in [0.2, 0.25) is 0 Å². The molecule has 0 aliphatic carbocycles. The smallest absolute Gasteiger partial charge is 0.303 e. The normalized spacial score (nSPS) is 16.9. The number of carboxylic acids is 2. The number of fused-ring (bicyclic) bond motifs is 8. The Hall–Kier alpha value is -4.54. The van der Waals surface area contributed by atoms with Crippen LogP contribution in [-0.4, -0.2) is 52.3 Å². The van der Waals surface area contributed by atoms with Gasteiger partial charge in [-0.25, -0.2) is 0 Å². The second kappa shape index (κ2) is 11.9. The monoisotopic (exact) mass is 600 g/mol. The van der Waals surface area contributed by atoms with Gasteiger partial charge in [-0.1, -0.05) is 0 Å². The zero-order valence-corrected chi connectivity index (χ0v) is 25.9. The maximum atomic E-state index is 11.6. The lowest BCUT2D eigenvalue weighted by molar-refractivity contribution is -0.138. The van der Waals surface area contributed by atoms with Gasteiger partial charge in [0, 0.05) is 68.1 Å². The zero-order valence-electron chi connectivity index (χ0n) is 25.9.